The number of imidazole rings is 1. The molecule has 8 atom stereocenters. The number of amides is 1. The predicted octanol–water partition coefficient (Wildman–Crippen LogP) is 1.07. The maximum Gasteiger partial charge on any atom is 0.231 e. The van der Waals surface area contributed by atoms with E-state index in [0.717, 1.165) is 5.56 Å². The second-order valence-corrected chi connectivity index (χ2v) is 9.53. The number of hydrazine groups is 1. The van der Waals surface area contributed by atoms with Crippen molar-refractivity contribution in [1.82, 2.24) is 40.4 Å². The zero-order valence-electron chi connectivity index (χ0n) is 17.4. The van der Waals surface area contributed by atoms with Crippen LogP contribution in [0.5, 0.6) is 0 Å². The van der Waals surface area contributed by atoms with Crippen LogP contribution in [0.25, 0.3) is 5.65 Å². The average Bonchev–Trinajstić information content (AvgIpc) is 3.22. The van der Waals surface area contributed by atoms with Gasteiger partial charge in [-0.15, -0.1) is 16.7 Å². The molecule has 3 fully saturated rings. The minimum Gasteiger partial charge on any atom is -0.309 e. The van der Waals surface area contributed by atoms with Gasteiger partial charge in [0.1, 0.15) is 24.3 Å². The molecule has 0 radical (unpaired) electrons. The predicted molar refractivity (Wildman–Crippen MR) is 114 cm³/mol. The Bertz CT molecular complexity index is 1170. The van der Waals surface area contributed by atoms with Crippen molar-refractivity contribution < 1.29 is 13.6 Å². The molecule has 1 amide bonds. The van der Waals surface area contributed by atoms with E-state index in [1.165, 1.54) is 11.0 Å². The summed E-state index contributed by atoms with van der Waals surface area (Å²) in [5.41, 5.74) is 7.89. The van der Waals surface area contributed by atoms with Gasteiger partial charge in [0.2, 0.25) is 5.91 Å². The van der Waals surface area contributed by atoms with E-state index in [9.17, 15) is 9.18 Å². The zero-order chi connectivity index (χ0) is 22.7. The van der Waals surface area contributed by atoms with Crippen LogP contribution in [0.3, 0.4) is 0 Å². The first kappa shape index (κ1) is 20.9. The number of nitrogens with one attached hydrogen (secondary N) is 3. The number of tetrazole rings is 1. The molecule has 174 valence electrons. The number of nitrogens with zero attached hydrogens (tertiary/aromatic N) is 6. The summed E-state index contributed by atoms with van der Waals surface area (Å²) >= 11 is 6.74. The molecule has 3 N–H and O–H groups in total. The number of hydrogen-bond acceptors (Lipinski definition) is 7. The molecule has 1 aliphatic heterocycles. The average molecular weight is 478 g/mol. The van der Waals surface area contributed by atoms with Gasteiger partial charge < -0.3 is 9.72 Å². The minimum absolute atomic E-state index is 0.0532. The molecular weight excluding hydrogens is 456 g/mol. The summed E-state index contributed by atoms with van der Waals surface area (Å²) in [5.74, 6) is -1.19. The molecule has 6 rings (SSSR count). The fraction of sp³-hybridized carbons (Fsp3) is 0.550. The van der Waals surface area contributed by atoms with Crippen LogP contribution in [0.4, 0.5) is 14.6 Å². The fourth-order valence-electron chi connectivity index (χ4n) is 5.22. The molecule has 33 heavy (non-hydrogen) atoms. The molecule has 0 aromatic carbocycles. The summed E-state index contributed by atoms with van der Waals surface area (Å²) in [6.07, 6.45) is 2.92. The number of pyridine rings is 1. The first-order chi connectivity index (χ1) is 16.0. The molecule has 4 heterocycles. The van der Waals surface area contributed by atoms with Crippen LogP contribution in [0.15, 0.2) is 30.9 Å². The molecule has 3 aromatic rings. The highest BCUT2D eigenvalue weighted by Crippen LogP contribution is 2.46. The van der Waals surface area contributed by atoms with E-state index < -0.39 is 29.6 Å². The normalized spacial score (nSPS) is 35.5. The third-order valence-electron chi connectivity index (χ3n) is 7.00. The van der Waals surface area contributed by atoms with Gasteiger partial charge >= 0.3 is 0 Å². The number of aromatic nitrogens is 6. The van der Waals surface area contributed by atoms with Crippen molar-refractivity contribution in [3.8, 4) is 0 Å². The molecule has 2 saturated carbocycles. The molecule has 0 bridgehead atoms. The van der Waals surface area contributed by atoms with Crippen LogP contribution in [0.2, 0.25) is 0 Å². The van der Waals surface area contributed by atoms with Gasteiger partial charge in [0.15, 0.2) is 5.82 Å². The lowest BCUT2D eigenvalue weighted by Crippen LogP contribution is -2.54. The largest absolute Gasteiger partial charge is 0.309 e. The summed E-state index contributed by atoms with van der Waals surface area (Å²) in [6, 6.07) is 3.57. The molecule has 1 saturated heterocycles. The van der Waals surface area contributed by atoms with Gasteiger partial charge in [-0.2, -0.15) is 0 Å². The summed E-state index contributed by atoms with van der Waals surface area (Å²) in [4.78, 5) is 16.4. The van der Waals surface area contributed by atoms with E-state index in [4.69, 9.17) is 11.6 Å². The van der Waals surface area contributed by atoms with E-state index in [1.807, 2.05) is 18.3 Å². The number of alkyl halides is 3. The van der Waals surface area contributed by atoms with Crippen molar-refractivity contribution in [3.63, 3.8) is 0 Å². The van der Waals surface area contributed by atoms with Gasteiger partial charge in [-0.05, 0) is 34.4 Å². The Morgan fingerprint density at radius 3 is 2.91 bits per heavy atom. The van der Waals surface area contributed by atoms with Crippen molar-refractivity contribution in [1.29, 1.82) is 0 Å². The smallest absolute Gasteiger partial charge is 0.231 e. The summed E-state index contributed by atoms with van der Waals surface area (Å²) in [5, 5.41) is 13.1. The number of carbonyl (C=O) groups is 1. The first-order valence-corrected chi connectivity index (χ1v) is 11.3. The molecule has 3 aliphatic rings. The lowest BCUT2D eigenvalue weighted by atomic mass is 9.68. The Hall–Kier alpha value is -2.70. The van der Waals surface area contributed by atoms with Crippen LogP contribution >= 0.6 is 11.6 Å². The molecule has 6 unspecified atom stereocenters. The molecular formula is C20H22ClF2N9O. The fourth-order valence-corrected chi connectivity index (χ4v) is 5.74. The van der Waals surface area contributed by atoms with Gasteiger partial charge in [-0.1, -0.05) is 6.07 Å². The lowest BCUT2D eigenvalue weighted by Gasteiger charge is -2.43. The second kappa shape index (κ2) is 7.96. The van der Waals surface area contributed by atoms with E-state index in [0.29, 0.717) is 24.6 Å². The third-order valence-corrected chi connectivity index (χ3v) is 7.51. The second-order valence-electron chi connectivity index (χ2n) is 9.03. The summed E-state index contributed by atoms with van der Waals surface area (Å²) in [6.45, 7) is 0.969. The number of carbonyl (C=O) groups excluding carboxylic acids is 1. The van der Waals surface area contributed by atoms with Crippen LogP contribution in [0.1, 0.15) is 17.9 Å². The maximum absolute atomic E-state index is 15.6. The summed E-state index contributed by atoms with van der Waals surface area (Å²) in [7, 11) is 0. The third kappa shape index (κ3) is 3.65. The van der Waals surface area contributed by atoms with E-state index in [1.54, 1.807) is 10.6 Å². The monoisotopic (exact) mass is 477 g/mol. The topological polar surface area (TPSA) is 114 Å². The molecule has 0 spiro atoms. The number of fused-ring (bicyclic) bond motifs is 2. The highest BCUT2D eigenvalue weighted by atomic mass is 35.5. The van der Waals surface area contributed by atoms with Crippen molar-refractivity contribution >= 4 is 29.0 Å². The van der Waals surface area contributed by atoms with Crippen LogP contribution in [-0.2, 0) is 11.3 Å². The standard InChI is InChI=1S/C20H22ClF2N9O/c21-17-16(11-4-24-28-19(11)12(18(17)23)6-32-8-25-29-30-32)9-1-2-15-26-14(7-31(15)5-9)27-20(33)10-3-13(10)22/h1-2,5,7-8,10-13,16-19,24,28H,3-4,6H2,(H,27,33)/t10-,11?,12?,13+,16?,17?,18?,19?/m1/s1. The summed E-state index contributed by atoms with van der Waals surface area (Å²) < 4.78 is 32.1. The molecule has 13 heteroatoms. The van der Waals surface area contributed by atoms with Gasteiger partial charge in [-0.25, -0.2) is 18.4 Å². The Balaban J connectivity index is 1.26. The van der Waals surface area contributed by atoms with Crippen LogP contribution in [-0.4, -0.2) is 65.8 Å². The Morgan fingerprint density at radius 1 is 1.30 bits per heavy atom. The highest BCUT2D eigenvalue weighted by Gasteiger charge is 2.53. The van der Waals surface area contributed by atoms with Gasteiger partial charge in [0.25, 0.3) is 0 Å². The van der Waals surface area contributed by atoms with Crippen molar-refractivity contribution in [2.75, 3.05) is 11.9 Å². The number of hydrogen-bond donors (Lipinski definition) is 3. The quantitative estimate of drug-likeness (QED) is 0.471. The van der Waals surface area contributed by atoms with Crippen LogP contribution < -0.4 is 16.2 Å². The van der Waals surface area contributed by atoms with Crippen LogP contribution in [0, 0.1) is 17.8 Å². The zero-order valence-corrected chi connectivity index (χ0v) is 18.1. The first-order valence-electron chi connectivity index (χ1n) is 10.9. The minimum atomic E-state index is -1.28. The number of rotatable bonds is 5. The SMILES string of the molecule is O=C(Nc1cn2cc(C3C(Cl)C(F)C(Cn4cnnn4)C4NNCC43)ccc2n1)[C@@H]1C[C@@H]1F. The maximum atomic E-state index is 15.6. The number of anilines is 1. The molecule has 10 nitrogen and oxygen atoms in total. The Labute approximate surface area is 192 Å². The van der Waals surface area contributed by atoms with Crippen molar-refractivity contribution in [2.24, 2.45) is 17.8 Å². The van der Waals surface area contributed by atoms with Gasteiger partial charge in [-0.3, -0.25) is 15.6 Å². The number of halogens is 3. The van der Waals surface area contributed by atoms with Crippen molar-refractivity contribution in [2.45, 2.75) is 42.6 Å². The van der Waals surface area contributed by atoms with Gasteiger partial charge in [0.05, 0.1) is 24.0 Å². The molecule has 2 aliphatic carbocycles. The molecule has 3 aromatic heterocycles. The van der Waals surface area contributed by atoms with Crippen molar-refractivity contribution in [3.05, 3.63) is 36.4 Å². The Morgan fingerprint density at radius 2 is 2.15 bits per heavy atom. The van der Waals surface area contributed by atoms with E-state index >= 15 is 4.39 Å². The van der Waals surface area contributed by atoms with E-state index in [2.05, 4.69) is 36.7 Å². The highest BCUT2D eigenvalue weighted by molar-refractivity contribution is 6.21. The van der Waals surface area contributed by atoms with Gasteiger partial charge in [0, 0.05) is 30.6 Å². The lowest BCUT2D eigenvalue weighted by molar-refractivity contribution is -0.117. The Kier molecular flexibility index (Phi) is 5.03. The van der Waals surface area contributed by atoms with E-state index in [-0.39, 0.29) is 30.2 Å².